The van der Waals surface area contributed by atoms with Crippen molar-refractivity contribution in [2.45, 2.75) is 0 Å². The van der Waals surface area contributed by atoms with Gasteiger partial charge in [0.1, 0.15) is 0 Å². The zero-order valence-electron chi connectivity index (χ0n) is 10.1. The first kappa shape index (κ1) is 16.4. The van der Waals surface area contributed by atoms with Crippen LogP contribution in [0.15, 0.2) is 32.5 Å². The molecule has 0 saturated carbocycles. The highest BCUT2D eigenvalue weighted by atomic mass is 79.9. The Labute approximate surface area is 145 Å². The van der Waals surface area contributed by atoms with Crippen LogP contribution >= 0.6 is 54.8 Å². The van der Waals surface area contributed by atoms with Crippen molar-refractivity contribution in [2.24, 2.45) is 0 Å². The van der Waals surface area contributed by atoms with Crippen molar-refractivity contribution in [1.29, 1.82) is 0 Å². The highest BCUT2D eigenvalue weighted by Gasteiger charge is 2.21. The summed E-state index contributed by atoms with van der Waals surface area (Å²) in [6, 6.07) is 6.05. The molecule has 0 spiro atoms. The molecule has 0 amide bonds. The van der Waals surface area contributed by atoms with Crippen molar-refractivity contribution >= 4 is 66.3 Å². The van der Waals surface area contributed by atoms with E-state index in [1.54, 1.807) is 12.1 Å². The molecule has 1 aromatic heterocycles. The summed E-state index contributed by atoms with van der Waals surface area (Å²) in [7, 11) is 0. The Kier molecular flexibility index (Phi) is 5.37. The lowest BCUT2D eigenvalue weighted by Gasteiger charge is -2.08. The Bertz CT molecular complexity index is 719. The normalized spacial score (nSPS) is 10.4. The highest BCUT2D eigenvalue weighted by Crippen LogP contribution is 2.38. The molecule has 9 heteroatoms. The van der Waals surface area contributed by atoms with E-state index in [0.29, 0.717) is 9.35 Å². The number of nitrogens with zero attached hydrogens (tertiary/aromatic N) is 1. The van der Waals surface area contributed by atoms with Crippen molar-refractivity contribution in [1.82, 2.24) is 0 Å². The summed E-state index contributed by atoms with van der Waals surface area (Å²) in [4.78, 5) is 22.8. The number of halogens is 3. The van der Waals surface area contributed by atoms with Gasteiger partial charge in [0.05, 0.1) is 18.1 Å². The van der Waals surface area contributed by atoms with Gasteiger partial charge < -0.3 is 4.74 Å². The van der Waals surface area contributed by atoms with Crippen LogP contribution in [-0.2, 0) is 0 Å². The minimum atomic E-state index is -0.613. The second-order valence-electron chi connectivity index (χ2n) is 3.81. The predicted octanol–water partition coefficient (Wildman–Crippen LogP) is 5.10. The number of carbonyl (C=O) groups excluding carboxylic acids is 1. The van der Waals surface area contributed by atoms with E-state index in [4.69, 9.17) is 16.3 Å². The van der Waals surface area contributed by atoms with Gasteiger partial charge >= 0.3 is 5.69 Å². The molecular weight excluding hydrogens is 449 g/mol. The Balaban J connectivity index is 2.20. The van der Waals surface area contributed by atoms with Gasteiger partial charge in [0, 0.05) is 11.1 Å². The van der Waals surface area contributed by atoms with Crippen LogP contribution in [0.1, 0.15) is 9.67 Å². The van der Waals surface area contributed by atoms with Crippen LogP contribution in [-0.4, -0.2) is 17.3 Å². The topological polar surface area (TPSA) is 69.4 Å². The molecule has 1 aromatic carbocycles. The van der Waals surface area contributed by atoms with Gasteiger partial charge in [-0.25, -0.2) is 0 Å². The van der Waals surface area contributed by atoms with E-state index in [9.17, 15) is 14.9 Å². The SMILES string of the molecule is O=C(COc1c(Br)cc(Cl)cc1[N+](=O)[O-])c1ccc(Br)s1. The lowest BCUT2D eigenvalue weighted by atomic mass is 10.3. The van der Waals surface area contributed by atoms with Gasteiger partial charge in [-0.2, -0.15) is 0 Å². The Morgan fingerprint density at radius 1 is 1.38 bits per heavy atom. The number of Topliss-reactive ketones (excluding diaryl/α,β-unsaturated/α-hetero) is 1. The molecule has 0 N–H and O–H groups in total. The fraction of sp³-hybridized carbons (Fsp3) is 0.0833. The van der Waals surface area contributed by atoms with Crippen LogP contribution in [0.2, 0.25) is 5.02 Å². The van der Waals surface area contributed by atoms with Crippen LogP contribution in [0.25, 0.3) is 0 Å². The molecule has 0 bridgehead atoms. The second kappa shape index (κ2) is 6.87. The molecule has 0 unspecified atom stereocenters. The van der Waals surface area contributed by atoms with E-state index in [0.717, 1.165) is 3.79 Å². The number of rotatable bonds is 5. The van der Waals surface area contributed by atoms with E-state index in [-0.39, 0.29) is 28.8 Å². The number of nitro benzene ring substituents is 1. The van der Waals surface area contributed by atoms with Crippen LogP contribution in [0.4, 0.5) is 5.69 Å². The summed E-state index contributed by atoms with van der Waals surface area (Å²) in [5.41, 5.74) is -0.297. The molecular formula is C12H6Br2ClNO4S. The van der Waals surface area contributed by atoms with E-state index in [1.165, 1.54) is 23.5 Å². The average molecular weight is 456 g/mol. The number of carbonyl (C=O) groups is 1. The number of hydrogen-bond donors (Lipinski definition) is 0. The van der Waals surface area contributed by atoms with E-state index >= 15 is 0 Å². The quantitative estimate of drug-likeness (QED) is 0.358. The van der Waals surface area contributed by atoms with Crippen molar-refractivity contribution in [3.05, 3.63) is 52.5 Å². The zero-order chi connectivity index (χ0) is 15.6. The molecule has 0 saturated heterocycles. The van der Waals surface area contributed by atoms with Crippen LogP contribution in [0.3, 0.4) is 0 Å². The lowest BCUT2D eigenvalue weighted by molar-refractivity contribution is -0.385. The number of benzene rings is 1. The molecule has 21 heavy (non-hydrogen) atoms. The number of hydrogen-bond acceptors (Lipinski definition) is 5. The predicted molar refractivity (Wildman–Crippen MR) is 87.7 cm³/mol. The van der Waals surface area contributed by atoms with Crippen LogP contribution in [0, 0.1) is 10.1 Å². The summed E-state index contributed by atoms with van der Waals surface area (Å²) >= 11 is 13.4. The summed E-state index contributed by atoms with van der Waals surface area (Å²) in [6.07, 6.45) is 0. The van der Waals surface area contributed by atoms with Gasteiger partial charge in [0.15, 0.2) is 6.61 Å². The third-order valence-electron chi connectivity index (χ3n) is 2.38. The molecule has 5 nitrogen and oxygen atoms in total. The molecule has 0 fully saturated rings. The summed E-state index contributed by atoms with van der Waals surface area (Å²) in [5, 5.41) is 11.2. The maximum Gasteiger partial charge on any atom is 0.313 e. The Hall–Kier alpha value is -0.960. The van der Waals surface area contributed by atoms with Gasteiger partial charge in [-0.05, 0) is 50.1 Å². The largest absolute Gasteiger partial charge is 0.478 e. The Morgan fingerprint density at radius 2 is 2.10 bits per heavy atom. The zero-order valence-corrected chi connectivity index (χ0v) is 14.9. The highest BCUT2D eigenvalue weighted by molar-refractivity contribution is 9.11. The van der Waals surface area contributed by atoms with Crippen molar-refractivity contribution in [2.75, 3.05) is 6.61 Å². The standard InChI is InChI=1S/C12H6Br2ClNO4S/c13-7-3-6(15)4-8(16(18)19)12(7)20-5-9(17)10-1-2-11(14)21-10/h1-4H,5H2. The second-order valence-corrected chi connectivity index (χ2v) is 7.56. The molecule has 1 heterocycles. The first-order chi connectivity index (χ1) is 9.88. The molecule has 0 aliphatic rings. The number of ether oxygens (including phenoxy) is 1. The van der Waals surface area contributed by atoms with E-state index in [1.807, 2.05) is 0 Å². The maximum absolute atomic E-state index is 11.9. The lowest BCUT2D eigenvalue weighted by Crippen LogP contribution is -2.11. The van der Waals surface area contributed by atoms with Gasteiger partial charge in [-0.15, -0.1) is 11.3 Å². The van der Waals surface area contributed by atoms with Crippen LogP contribution < -0.4 is 4.74 Å². The summed E-state index contributed by atoms with van der Waals surface area (Å²) in [5.74, 6) is -0.282. The molecule has 0 radical (unpaired) electrons. The summed E-state index contributed by atoms with van der Waals surface area (Å²) in [6.45, 7) is -0.298. The molecule has 110 valence electrons. The minimum Gasteiger partial charge on any atom is -0.478 e. The van der Waals surface area contributed by atoms with Crippen LogP contribution in [0.5, 0.6) is 5.75 Å². The smallest absolute Gasteiger partial charge is 0.313 e. The van der Waals surface area contributed by atoms with Gasteiger partial charge in [0.2, 0.25) is 11.5 Å². The number of ketones is 1. The number of nitro groups is 1. The van der Waals surface area contributed by atoms with E-state index < -0.39 is 4.92 Å². The third-order valence-corrected chi connectivity index (χ3v) is 4.85. The monoisotopic (exact) mass is 453 g/mol. The van der Waals surface area contributed by atoms with Crippen molar-refractivity contribution in [3.63, 3.8) is 0 Å². The number of thiophene rings is 1. The first-order valence-corrected chi connectivity index (χ1v) is 8.21. The van der Waals surface area contributed by atoms with Gasteiger partial charge in [-0.3, -0.25) is 14.9 Å². The van der Waals surface area contributed by atoms with Gasteiger partial charge in [0.25, 0.3) is 0 Å². The first-order valence-electron chi connectivity index (χ1n) is 5.43. The minimum absolute atomic E-state index is 0.0200. The maximum atomic E-state index is 11.9. The average Bonchev–Trinajstić information content (AvgIpc) is 2.83. The molecule has 0 atom stereocenters. The molecule has 2 rings (SSSR count). The van der Waals surface area contributed by atoms with Crippen molar-refractivity contribution < 1.29 is 14.5 Å². The molecule has 0 aliphatic heterocycles. The fourth-order valence-electron chi connectivity index (χ4n) is 1.50. The molecule has 0 aliphatic carbocycles. The van der Waals surface area contributed by atoms with Gasteiger partial charge in [-0.1, -0.05) is 11.6 Å². The van der Waals surface area contributed by atoms with Crippen molar-refractivity contribution in [3.8, 4) is 5.75 Å². The third kappa shape index (κ3) is 4.03. The summed E-state index contributed by atoms with van der Waals surface area (Å²) < 4.78 is 6.45. The molecule has 2 aromatic rings. The van der Waals surface area contributed by atoms with E-state index in [2.05, 4.69) is 31.9 Å². The Morgan fingerprint density at radius 3 is 2.67 bits per heavy atom. The fourth-order valence-corrected chi connectivity index (χ4v) is 3.72.